The van der Waals surface area contributed by atoms with Crippen LogP contribution in [-0.4, -0.2) is 59.7 Å². The fourth-order valence-electron chi connectivity index (χ4n) is 1.78. The highest BCUT2D eigenvalue weighted by atomic mass is 16.3. The zero-order chi connectivity index (χ0) is 12.2. The molecule has 0 aromatic carbocycles. The molecule has 0 bridgehead atoms. The molecule has 0 aromatic rings. The molecule has 94 valence electrons. The molecular weight excluding hydrogens is 212 g/mol. The summed E-state index contributed by atoms with van der Waals surface area (Å²) in [5.74, 6) is -0.201. The topological polar surface area (TPSA) is 102 Å². The first-order valence-electron chi connectivity index (χ1n) is 5.44. The second-order valence-electron chi connectivity index (χ2n) is 4.49. The van der Waals surface area contributed by atoms with Crippen LogP contribution in [-0.2, 0) is 4.79 Å². The Bertz CT molecular complexity index is 235. The molecular formula is C10H20N2O4. The minimum atomic E-state index is -1.32. The summed E-state index contributed by atoms with van der Waals surface area (Å²) in [5.41, 5.74) is -1.32. The molecule has 1 amide bonds. The summed E-state index contributed by atoms with van der Waals surface area (Å²) in [5, 5.41) is 32.9. The van der Waals surface area contributed by atoms with Gasteiger partial charge in [0, 0.05) is 6.54 Å². The van der Waals surface area contributed by atoms with Crippen molar-refractivity contribution in [1.82, 2.24) is 10.6 Å². The van der Waals surface area contributed by atoms with Crippen molar-refractivity contribution < 1.29 is 20.1 Å². The molecule has 1 aliphatic rings. The van der Waals surface area contributed by atoms with E-state index in [1.807, 2.05) is 6.92 Å². The SMILES string of the molecule is CC1CNCC1C(=O)NC(CO)(CO)CO. The molecule has 1 rings (SSSR count). The highest BCUT2D eigenvalue weighted by molar-refractivity contribution is 5.80. The Labute approximate surface area is 94.7 Å². The van der Waals surface area contributed by atoms with Gasteiger partial charge in [0.1, 0.15) is 5.54 Å². The van der Waals surface area contributed by atoms with Gasteiger partial charge < -0.3 is 26.0 Å². The lowest BCUT2D eigenvalue weighted by molar-refractivity contribution is -0.129. The number of carbonyl (C=O) groups excluding carboxylic acids is 1. The predicted octanol–water partition coefficient (Wildman–Crippen LogP) is -2.33. The molecule has 2 atom stereocenters. The lowest BCUT2D eigenvalue weighted by Gasteiger charge is -2.30. The van der Waals surface area contributed by atoms with Crippen LogP contribution in [0.15, 0.2) is 0 Å². The normalized spacial score (nSPS) is 25.8. The number of rotatable bonds is 5. The van der Waals surface area contributed by atoms with Crippen molar-refractivity contribution >= 4 is 5.91 Å². The van der Waals surface area contributed by atoms with Gasteiger partial charge in [-0.05, 0) is 12.5 Å². The van der Waals surface area contributed by atoms with Crippen molar-refractivity contribution in [2.24, 2.45) is 11.8 Å². The molecule has 16 heavy (non-hydrogen) atoms. The Hall–Kier alpha value is -0.690. The number of nitrogens with one attached hydrogen (secondary N) is 2. The highest BCUT2D eigenvalue weighted by Crippen LogP contribution is 2.17. The van der Waals surface area contributed by atoms with Gasteiger partial charge in [0.15, 0.2) is 0 Å². The fraction of sp³-hybridized carbons (Fsp3) is 0.900. The van der Waals surface area contributed by atoms with E-state index in [9.17, 15) is 4.79 Å². The van der Waals surface area contributed by atoms with E-state index in [0.717, 1.165) is 6.54 Å². The first-order chi connectivity index (χ1) is 7.58. The van der Waals surface area contributed by atoms with E-state index >= 15 is 0 Å². The summed E-state index contributed by atoms with van der Waals surface area (Å²) in [4.78, 5) is 11.9. The Morgan fingerprint density at radius 2 is 1.88 bits per heavy atom. The van der Waals surface area contributed by atoms with Crippen LogP contribution in [0.25, 0.3) is 0 Å². The second kappa shape index (κ2) is 5.58. The lowest BCUT2D eigenvalue weighted by Crippen LogP contribution is -2.58. The van der Waals surface area contributed by atoms with E-state index in [-0.39, 0.29) is 17.7 Å². The quantitative estimate of drug-likeness (QED) is 0.366. The lowest BCUT2D eigenvalue weighted by atomic mass is 9.95. The number of hydrogen-bond donors (Lipinski definition) is 5. The first kappa shape index (κ1) is 13.4. The van der Waals surface area contributed by atoms with Gasteiger partial charge >= 0.3 is 0 Å². The van der Waals surface area contributed by atoms with Crippen molar-refractivity contribution in [3.05, 3.63) is 0 Å². The minimum Gasteiger partial charge on any atom is -0.394 e. The van der Waals surface area contributed by atoms with Gasteiger partial charge in [-0.25, -0.2) is 0 Å². The third-order valence-electron chi connectivity index (χ3n) is 3.15. The molecule has 1 heterocycles. The summed E-state index contributed by atoms with van der Waals surface area (Å²) in [6, 6.07) is 0. The van der Waals surface area contributed by atoms with Gasteiger partial charge in [-0.2, -0.15) is 0 Å². The number of hydrogen-bond acceptors (Lipinski definition) is 5. The van der Waals surface area contributed by atoms with E-state index in [1.165, 1.54) is 0 Å². The Balaban J connectivity index is 2.61. The molecule has 0 aromatic heterocycles. The van der Waals surface area contributed by atoms with Gasteiger partial charge in [0.2, 0.25) is 5.91 Å². The molecule has 1 fully saturated rings. The van der Waals surface area contributed by atoms with E-state index in [4.69, 9.17) is 15.3 Å². The molecule has 1 aliphatic heterocycles. The third kappa shape index (κ3) is 2.70. The number of amides is 1. The van der Waals surface area contributed by atoms with Gasteiger partial charge in [0.25, 0.3) is 0 Å². The summed E-state index contributed by atoms with van der Waals surface area (Å²) in [7, 11) is 0. The zero-order valence-corrected chi connectivity index (χ0v) is 9.44. The number of aliphatic hydroxyl groups excluding tert-OH is 3. The first-order valence-corrected chi connectivity index (χ1v) is 5.44. The average Bonchev–Trinajstić information content (AvgIpc) is 2.72. The van der Waals surface area contributed by atoms with Crippen LogP contribution in [0.4, 0.5) is 0 Å². The molecule has 5 N–H and O–H groups in total. The third-order valence-corrected chi connectivity index (χ3v) is 3.15. The van der Waals surface area contributed by atoms with Crippen molar-refractivity contribution in [3.8, 4) is 0 Å². The van der Waals surface area contributed by atoms with Crippen LogP contribution in [0.5, 0.6) is 0 Å². The molecule has 0 saturated carbocycles. The maximum atomic E-state index is 11.9. The Kier molecular flexibility index (Phi) is 4.67. The Morgan fingerprint density at radius 1 is 1.31 bits per heavy atom. The van der Waals surface area contributed by atoms with Crippen molar-refractivity contribution in [2.75, 3.05) is 32.9 Å². The van der Waals surface area contributed by atoms with E-state index in [1.54, 1.807) is 0 Å². The van der Waals surface area contributed by atoms with Gasteiger partial charge in [-0.15, -0.1) is 0 Å². The van der Waals surface area contributed by atoms with Gasteiger partial charge in [-0.3, -0.25) is 4.79 Å². The highest BCUT2D eigenvalue weighted by Gasteiger charge is 2.36. The molecule has 0 radical (unpaired) electrons. The van der Waals surface area contributed by atoms with Gasteiger partial charge in [-0.1, -0.05) is 6.92 Å². The van der Waals surface area contributed by atoms with E-state index in [2.05, 4.69) is 10.6 Å². The predicted molar refractivity (Wildman–Crippen MR) is 57.7 cm³/mol. The molecule has 1 saturated heterocycles. The van der Waals surface area contributed by atoms with Gasteiger partial charge in [0.05, 0.1) is 25.7 Å². The van der Waals surface area contributed by atoms with Crippen LogP contribution >= 0.6 is 0 Å². The zero-order valence-electron chi connectivity index (χ0n) is 9.44. The second-order valence-corrected chi connectivity index (χ2v) is 4.49. The van der Waals surface area contributed by atoms with Crippen molar-refractivity contribution in [3.63, 3.8) is 0 Å². The van der Waals surface area contributed by atoms with Crippen LogP contribution in [0.2, 0.25) is 0 Å². The molecule has 0 aliphatic carbocycles. The van der Waals surface area contributed by atoms with Crippen LogP contribution < -0.4 is 10.6 Å². The van der Waals surface area contributed by atoms with Crippen LogP contribution in [0, 0.1) is 11.8 Å². The summed E-state index contributed by atoms with van der Waals surface area (Å²) < 4.78 is 0. The molecule has 2 unspecified atom stereocenters. The van der Waals surface area contributed by atoms with E-state index in [0.29, 0.717) is 6.54 Å². The van der Waals surface area contributed by atoms with E-state index < -0.39 is 25.4 Å². The van der Waals surface area contributed by atoms with Crippen molar-refractivity contribution in [1.29, 1.82) is 0 Å². The average molecular weight is 232 g/mol. The smallest absolute Gasteiger partial charge is 0.225 e. The monoisotopic (exact) mass is 232 g/mol. The summed E-state index contributed by atoms with van der Waals surface area (Å²) in [6.45, 7) is 1.87. The van der Waals surface area contributed by atoms with Crippen LogP contribution in [0.3, 0.4) is 0 Å². The van der Waals surface area contributed by atoms with Crippen LogP contribution in [0.1, 0.15) is 6.92 Å². The summed E-state index contributed by atoms with van der Waals surface area (Å²) in [6.07, 6.45) is 0. The molecule has 6 heteroatoms. The largest absolute Gasteiger partial charge is 0.394 e. The fourth-order valence-corrected chi connectivity index (χ4v) is 1.78. The Morgan fingerprint density at radius 3 is 2.25 bits per heavy atom. The maximum absolute atomic E-state index is 11.9. The summed E-state index contributed by atoms with van der Waals surface area (Å²) >= 11 is 0. The number of aliphatic hydroxyl groups is 3. The standard InChI is InChI=1S/C10H20N2O4/c1-7-2-11-3-8(7)9(16)12-10(4-13,5-14)6-15/h7-8,11,13-15H,2-6H2,1H3,(H,12,16). The number of carbonyl (C=O) groups is 1. The molecule has 6 nitrogen and oxygen atoms in total. The molecule has 0 spiro atoms. The van der Waals surface area contributed by atoms with Crippen molar-refractivity contribution in [2.45, 2.75) is 12.5 Å². The minimum absolute atomic E-state index is 0.177. The maximum Gasteiger partial charge on any atom is 0.225 e.